The summed E-state index contributed by atoms with van der Waals surface area (Å²) in [5, 5.41) is 13.6. The Kier molecular flexibility index (Phi) is 4.42. The van der Waals surface area contributed by atoms with Crippen LogP contribution in [0.3, 0.4) is 0 Å². The van der Waals surface area contributed by atoms with E-state index in [9.17, 15) is 9.90 Å². The van der Waals surface area contributed by atoms with Gasteiger partial charge in [-0.2, -0.15) is 0 Å². The first-order chi connectivity index (χ1) is 12.7. The Labute approximate surface area is 152 Å². The van der Waals surface area contributed by atoms with Crippen molar-refractivity contribution in [2.24, 2.45) is 0 Å². The lowest BCUT2D eigenvalue weighted by Crippen LogP contribution is -2.46. The minimum Gasteiger partial charge on any atom is -0.504 e. The zero-order chi connectivity index (χ0) is 18.1. The summed E-state index contributed by atoms with van der Waals surface area (Å²) < 4.78 is 10.9. The summed E-state index contributed by atoms with van der Waals surface area (Å²) in [4.78, 5) is 14.9. The van der Waals surface area contributed by atoms with Crippen LogP contribution in [0.5, 0.6) is 11.5 Å². The van der Waals surface area contributed by atoms with Crippen LogP contribution in [0.15, 0.2) is 42.5 Å². The minimum absolute atomic E-state index is 0.0323. The Hall–Kier alpha value is -2.73. The number of phenols is 1. The number of para-hydroxylation sites is 1. The lowest BCUT2D eigenvalue weighted by Gasteiger charge is -2.39. The van der Waals surface area contributed by atoms with Crippen LogP contribution in [0.25, 0.3) is 0 Å². The van der Waals surface area contributed by atoms with Gasteiger partial charge in [-0.1, -0.05) is 18.2 Å². The first-order valence-corrected chi connectivity index (χ1v) is 8.82. The molecule has 2 atom stereocenters. The van der Waals surface area contributed by atoms with Crippen molar-refractivity contribution in [3.8, 4) is 11.5 Å². The fourth-order valence-electron chi connectivity index (χ4n) is 3.63. The molecule has 2 N–H and O–H groups in total. The molecular weight excluding hydrogens is 332 g/mol. The Morgan fingerprint density at radius 3 is 2.88 bits per heavy atom. The Bertz CT molecular complexity index is 817. The van der Waals surface area contributed by atoms with E-state index in [-0.39, 0.29) is 23.9 Å². The van der Waals surface area contributed by atoms with Crippen LogP contribution >= 0.6 is 0 Å². The molecule has 2 aromatic rings. The third kappa shape index (κ3) is 2.97. The van der Waals surface area contributed by atoms with Gasteiger partial charge in [0.25, 0.3) is 5.91 Å². The first-order valence-electron chi connectivity index (χ1n) is 8.82. The lowest BCUT2D eigenvalue weighted by atomic mass is 10.0. The number of anilines is 1. The van der Waals surface area contributed by atoms with Gasteiger partial charge >= 0.3 is 0 Å². The molecule has 2 aliphatic rings. The predicted octanol–water partition coefficient (Wildman–Crippen LogP) is 3.15. The Balaban J connectivity index is 1.71. The summed E-state index contributed by atoms with van der Waals surface area (Å²) in [5.74, 6) is 0.423. The summed E-state index contributed by atoms with van der Waals surface area (Å²) in [6, 6.07) is 12.7. The molecule has 0 unspecified atom stereocenters. The van der Waals surface area contributed by atoms with Gasteiger partial charge in [0.2, 0.25) is 0 Å². The largest absolute Gasteiger partial charge is 0.504 e. The summed E-state index contributed by atoms with van der Waals surface area (Å²) in [5.41, 5.74) is 2.24. The minimum atomic E-state index is -0.376. The van der Waals surface area contributed by atoms with Gasteiger partial charge in [0.1, 0.15) is 6.17 Å². The molecule has 26 heavy (non-hydrogen) atoms. The van der Waals surface area contributed by atoms with Crippen LogP contribution < -0.4 is 10.1 Å². The zero-order valence-electron chi connectivity index (χ0n) is 14.6. The predicted molar refractivity (Wildman–Crippen MR) is 97.5 cm³/mol. The number of amides is 1. The van der Waals surface area contributed by atoms with Gasteiger partial charge in [-0.15, -0.1) is 0 Å². The van der Waals surface area contributed by atoms with Crippen LogP contribution in [-0.4, -0.2) is 42.3 Å². The SMILES string of the molecule is COc1ccc([C@H]2Nc3ccccc3C(=O)N2C[C@@H]2CCCO2)cc1O. The molecule has 4 rings (SSSR count). The number of carbonyl (C=O) groups excluding carboxylic acids is 1. The highest BCUT2D eigenvalue weighted by atomic mass is 16.5. The van der Waals surface area contributed by atoms with Crippen molar-refractivity contribution in [2.45, 2.75) is 25.1 Å². The van der Waals surface area contributed by atoms with Gasteiger partial charge in [-0.3, -0.25) is 4.79 Å². The third-order valence-electron chi connectivity index (χ3n) is 4.97. The average molecular weight is 354 g/mol. The van der Waals surface area contributed by atoms with Gasteiger partial charge in [-0.05, 0) is 42.7 Å². The summed E-state index contributed by atoms with van der Waals surface area (Å²) in [6.07, 6.45) is 1.63. The van der Waals surface area contributed by atoms with Crippen molar-refractivity contribution in [2.75, 3.05) is 25.6 Å². The topological polar surface area (TPSA) is 71.0 Å². The molecule has 0 aliphatic carbocycles. The van der Waals surface area contributed by atoms with Crippen LogP contribution in [-0.2, 0) is 4.74 Å². The lowest BCUT2D eigenvalue weighted by molar-refractivity contribution is 0.0426. The standard InChI is InChI=1S/C20H22N2O4/c1-25-18-9-8-13(11-17(18)23)19-21-16-7-3-2-6-15(16)20(24)22(19)12-14-5-4-10-26-14/h2-3,6-9,11,14,19,21,23H,4-5,10,12H2,1H3/t14-,19-/m0/s1. The van der Waals surface area contributed by atoms with Crippen LogP contribution in [0.2, 0.25) is 0 Å². The molecule has 1 amide bonds. The van der Waals surface area contributed by atoms with Crippen LogP contribution in [0, 0.1) is 0 Å². The number of benzene rings is 2. The van der Waals surface area contributed by atoms with Gasteiger partial charge in [0.05, 0.1) is 18.8 Å². The van der Waals surface area contributed by atoms with E-state index in [0.29, 0.717) is 17.9 Å². The number of hydrogen-bond acceptors (Lipinski definition) is 5. The van der Waals surface area contributed by atoms with Crippen molar-refractivity contribution in [1.29, 1.82) is 0 Å². The molecule has 0 bridgehead atoms. The second-order valence-electron chi connectivity index (χ2n) is 6.62. The molecule has 0 aromatic heterocycles. The molecule has 0 radical (unpaired) electrons. The number of ether oxygens (including phenoxy) is 2. The zero-order valence-corrected chi connectivity index (χ0v) is 14.6. The van der Waals surface area contributed by atoms with Crippen molar-refractivity contribution < 1.29 is 19.4 Å². The summed E-state index contributed by atoms with van der Waals surface area (Å²) >= 11 is 0. The maximum absolute atomic E-state index is 13.1. The average Bonchev–Trinajstić information content (AvgIpc) is 3.17. The Morgan fingerprint density at radius 1 is 1.31 bits per heavy atom. The van der Waals surface area contributed by atoms with Gasteiger partial charge < -0.3 is 24.8 Å². The second kappa shape index (κ2) is 6.88. The normalized spacial score (nSPS) is 22.0. The van der Waals surface area contributed by atoms with Gasteiger partial charge in [0.15, 0.2) is 11.5 Å². The molecule has 6 heteroatoms. The number of carbonyl (C=O) groups is 1. The monoisotopic (exact) mass is 354 g/mol. The molecule has 2 heterocycles. The molecule has 6 nitrogen and oxygen atoms in total. The van der Waals surface area contributed by atoms with E-state index in [1.54, 1.807) is 17.0 Å². The number of rotatable bonds is 4. The molecule has 1 fully saturated rings. The molecule has 2 aliphatic heterocycles. The van der Waals surface area contributed by atoms with E-state index < -0.39 is 0 Å². The maximum Gasteiger partial charge on any atom is 0.257 e. The van der Waals surface area contributed by atoms with E-state index in [0.717, 1.165) is 30.7 Å². The number of fused-ring (bicyclic) bond motifs is 1. The summed E-state index contributed by atoms with van der Waals surface area (Å²) in [6.45, 7) is 1.25. The van der Waals surface area contributed by atoms with E-state index in [1.165, 1.54) is 7.11 Å². The van der Waals surface area contributed by atoms with Crippen molar-refractivity contribution in [1.82, 2.24) is 4.90 Å². The fourth-order valence-corrected chi connectivity index (χ4v) is 3.63. The maximum atomic E-state index is 13.1. The molecule has 2 aromatic carbocycles. The van der Waals surface area contributed by atoms with E-state index in [4.69, 9.17) is 9.47 Å². The van der Waals surface area contributed by atoms with Gasteiger partial charge in [-0.25, -0.2) is 0 Å². The summed E-state index contributed by atoms with van der Waals surface area (Å²) in [7, 11) is 1.51. The van der Waals surface area contributed by atoms with Gasteiger partial charge in [0, 0.05) is 18.8 Å². The Morgan fingerprint density at radius 2 is 2.15 bits per heavy atom. The van der Waals surface area contributed by atoms with E-state index >= 15 is 0 Å². The number of phenolic OH excluding ortho intramolecular Hbond substituents is 1. The molecule has 136 valence electrons. The first kappa shape index (κ1) is 16.7. The second-order valence-corrected chi connectivity index (χ2v) is 6.62. The van der Waals surface area contributed by atoms with Crippen LogP contribution in [0.1, 0.15) is 34.9 Å². The van der Waals surface area contributed by atoms with E-state index in [1.807, 2.05) is 30.3 Å². The number of methoxy groups -OCH3 is 1. The van der Waals surface area contributed by atoms with Crippen LogP contribution in [0.4, 0.5) is 5.69 Å². The highest BCUT2D eigenvalue weighted by molar-refractivity contribution is 6.01. The smallest absolute Gasteiger partial charge is 0.257 e. The molecule has 0 saturated carbocycles. The van der Waals surface area contributed by atoms with Crippen molar-refractivity contribution in [3.63, 3.8) is 0 Å². The fraction of sp³-hybridized carbons (Fsp3) is 0.350. The highest BCUT2D eigenvalue weighted by Crippen LogP contribution is 2.37. The number of hydrogen-bond donors (Lipinski definition) is 2. The molecule has 1 saturated heterocycles. The van der Waals surface area contributed by atoms with E-state index in [2.05, 4.69) is 5.32 Å². The highest BCUT2D eigenvalue weighted by Gasteiger charge is 2.35. The quantitative estimate of drug-likeness (QED) is 0.883. The number of aromatic hydroxyl groups is 1. The molecular formula is C20H22N2O4. The van der Waals surface area contributed by atoms with Crippen molar-refractivity contribution in [3.05, 3.63) is 53.6 Å². The molecule has 0 spiro atoms. The van der Waals surface area contributed by atoms with Crippen molar-refractivity contribution >= 4 is 11.6 Å². The number of nitrogens with zero attached hydrogens (tertiary/aromatic N) is 1. The third-order valence-corrected chi connectivity index (χ3v) is 4.97. The number of nitrogens with one attached hydrogen (secondary N) is 1.